The summed E-state index contributed by atoms with van der Waals surface area (Å²) in [6.07, 6.45) is 1.56. The molecule has 3 aromatic rings. The maximum Gasteiger partial charge on any atom is 0.254 e. The van der Waals surface area contributed by atoms with Gasteiger partial charge in [0.1, 0.15) is 23.1 Å². The molecule has 1 amide bonds. The molecule has 0 unspecified atom stereocenters. The van der Waals surface area contributed by atoms with Gasteiger partial charge in [0.25, 0.3) is 5.91 Å². The van der Waals surface area contributed by atoms with Gasteiger partial charge in [-0.05, 0) is 55.5 Å². The molecule has 118 valence electrons. The Morgan fingerprint density at radius 2 is 1.78 bits per heavy atom. The zero-order valence-corrected chi connectivity index (χ0v) is 12.7. The standard InChI is InChI=1S/C18H16FNO3/c1-13-4-9-17(23-13)12-20(11-16-3-2-10-22-16)18(21)14-5-7-15(19)8-6-14/h2-10H,11-12H2,1H3. The molecular weight excluding hydrogens is 297 g/mol. The van der Waals surface area contributed by atoms with E-state index in [2.05, 4.69) is 0 Å². The summed E-state index contributed by atoms with van der Waals surface area (Å²) in [7, 11) is 0. The second kappa shape index (κ2) is 6.52. The van der Waals surface area contributed by atoms with Crippen molar-refractivity contribution in [3.8, 4) is 0 Å². The molecule has 1 aromatic carbocycles. The van der Waals surface area contributed by atoms with Gasteiger partial charge in [0, 0.05) is 5.56 Å². The first-order chi connectivity index (χ1) is 11.1. The van der Waals surface area contributed by atoms with Crippen molar-refractivity contribution in [3.05, 3.63) is 83.5 Å². The van der Waals surface area contributed by atoms with Crippen molar-refractivity contribution in [1.82, 2.24) is 4.90 Å². The number of rotatable bonds is 5. The first-order valence-corrected chi connectivity index (χ1v) is 7.24. The fourth-order valence-electron chi connectivity index (χ4n) is 2.32. The predicted octanol–water partition coefficient (Wildman–Crippen LogP) is 4.16. The van der Waals surface area contributed by atoms with Crippen LogP contribution in [0.25, 0.3) is 0 Å². The molecule has 2 heterocycles. The van der Waals surface area contributed by atoms with Crippen molar-refractivity contribution >= 4 is 5.91 Å². The second-order valence-corrected chi connectivity index (χ2v) is 5.26. The third-order valence-electron chi connectivity index (χ3n) is 3.45. The Morgan fingerprint density at radius 3 is 2.39 bits per heavy atom. The van der Waals surface area contributed by atoms with Gasteiger partial charge in [-0.1, -0.05) is 0 Å². The highest BCUT2D eigenvalue weighted by molar-refractivity contribution is 5.94. The molecule has 23 heavy (non-hydrogen) atoms. The molecule has 5 heteroatoms. The summed E-state index contributed by atoms with van der Waals surface area (Å²) in [5, 5.41) is 0. The van der Waals surface area contributed by atoms with Crippen LogP contribution in [0.1, 0.15) is 27.6 Å². The average Bonchev–Trinajstić information content (AvgIpc) is 3.19. The number of nitrogens with zero attached hydrogens (tertiary/aromatic N) is 1. The lowest BCUT2D eigenvalue weighted by molar-refractivity contribution is 0.0704. The summed E-state index contributed by atoms with van der Waals surface area (Å²) in [4.78, 5) is 14.3. The number of hydrogen-bond acceptors (Lipinski definition) is 3. The Balaban J connectivity index is 1.84. The Hall–Kier alpha value is -2.82. The average molecular weight is 313 g/mol. The van der Waals surface area contributed by atoms with E-state index in [0.717, 1.165) is 5.76 Å². The van der Waals surface area contributed by atoms with E-state index in [0.29, 0.717) is 30.2 Å². The van der Waals surface area contributed by atoms with E-state index >= 15 is 0 Å². The second-order valence-electron chi connectivity index (χ2n) is 5.26. The monoisotopic (exact) mass is 313 g/mol. The molecule has 0 atom stereocenters. The number of benzene rings is 1. The number of hydrogen-bond donors (Lipinski definition) is 0. The molecule has 0 aliphatic carbocycles. The lowest BCUT2D eigenvalue weighted by atomic mass is 10.2. The zero-order valence-electron chi connectivity index (χ0n) is 12.7. The molecule has 0 saturated heterocycles. The van der Waals surface area contributed by atoms with Gasteiger partial charge >= 0.3 is 0 Å². The van der Waals surface area contributed by atoms with Crippen molar-refractivity contribution in [2.75, 3.05) is 0 Å². The molecule has 0 aliphatic heterocycles. The highest BCUT2D eigenvalue weighted by Crippen LogP contribution is 2.16. The van der Waals surface area contributed by atoms with Gasteiger partial charge in [0.05, 0.1) is 19.4 Å². The molecule has 0 aliphatic rings. The molecule has 3 rings (SSSR count). The van der Waals surface area contributed by atoms with Crippen molar-refractivity contribution in [2.24, 2.45) is 0 Å². The summed E-state index contributed by atoms with van der Waals surface area (Å²) in [5.41, 5.74) is 0.418. The number of halogens is 1. The van der Waals surface area contributed by atoms with Crippen LogP contribution >= 0.6 is 0 Å². The summed E-state index contributed by atoms with van der Waals surface area (Å²) >= 11 is 0. The van der Waals surface area contributed by atoms with E-state index in [1.54, 1.807) is 23.3 Å². The van der Waals surface area contributed by atoms with Crippen molar-refractivity contribution in [2.45, 2.75) is 20.0 Å². The molecule has 0 fully saturated rings. The van der Waals surface area contributed by atoms with Crippen molar-refractivity contribution in [1.29, 1.82) is 0 Å². The lowest BCUT2D eigenvalue weighted by Crippen LogP contribution is -2.29. The molecule has 0 bridgehead atoms. The summed E-state index contributed by atoms with van der Waals surface area (Å²) < 4.78 is 23.9. The topological polar surface area (TPSA) is 46.6 Å². The number of aryl methyl sites for hydroxylation is 1. The third-order valence-corrected chi connectivity index (χ3v) is 3.45. The summed E-state index contributed by atoms with van der Waals surface area (Å²) in [5.74, 6) is 1.55. The van der Waals surface area contributed by atoms with Crippen LogP contribution in [0.2, 0.25) is 0 Å². The Bertz CT molecular complexity index is 775. The van der Waals surface area contributed by atoms with Crippen LogP contribution in [0.4, 0.5) is 4.39 Å². The van der Waals surface area contributed by atoms with Crippen LogP contribution in [0.15, 0.2) is 63.6 Å². The van der Waals surface area contributed by atoms with Gasteiger partial charge < -0.3 is 13.7 Å². The Morgan fingerprint density at radius 1 is 1.04 bits per heavy atom. The van der Waals surface area contributed by atoms with E-state index in [4.69, 9.17) is 8.83 Å². The molecule has 4 nitrogen and oxygen atoms in total. The minimum Gasteiger partial charge on any atom is -0.467 e. The van der Waals surface area contributed by atoms with Crippen LogP contribution in [0.3, 0.4) is 0 Å². The first kappa shape index (κ1) is 15.1. The normalized spacial score (nSPS) is 10.7. The van der Waals surface area contributed by atoms with Crippen LogP contribution in [-0.2, 0) is 13.1 Å². The molecular formula is C18H16FNO3. The highest BCUT2D eigenvalue weighted by atomic mass is 19.1. The number of carbonyl (C=O) groups is 1. The molecule has 2 aromatic heterocycles. The van der Waals surface area contributed by atoms with Gasteiger partial charge in [-0.3, -0.25) is 4.79 Å². The molecule has 0 N–H and O–H groups in total. The van der Waals surface area contributed by atoms with E-state index < -0.39 is 0 Å². The highest BCUT2D eigenvalue weighted by Gasteiger charge is 2.19. The SMILES string of the molecule is Cc1ccc(CN(Cc2ccco2)C(=O)c2ccc(F)cc2)o1. The van der Waals surface area contributed by atoms with Gasteiger partial charge in [-0.2, -0.15) is 0 Å². The smallest absolute Gasteiger partial charge is 0.254 e. The number of carbonyl (C=O) groups excluding carboxylic acids is 1. The van der Waals surface area contributed by atoms with Crippen LogP contribution in [0, 0.1) is 12.7 Å². The summed E-state index contributed by atoms with van der Waals surface area (Å²) in [6, 6.07) is 12.8. The third kappa shape index (κ3) is 3.69. The number of furan rings is 2. The number of amides is 1. The fraction of sp³-hybridized carbons (Fsp3) is 0.167. The van der Waals surface area contributed by atoms with E-state index in [9.17, 15) is 9.18 Å². The predicted molar refractivity (Wildman–Crippen MR) is 82.1 cm³/mol. The van der Waals surface area contributed by atoms with Crippen LogP contribution < -0.4 is 0 Å². The maximum absolute atomic E-state index is 13.1. The first-order valence-electron chi connectivity index (χ1n) is 7.24. The Kier molecular flexibility index (Phi) is 4.28. The minimum absolute atomic E-state index is 0.213. The van der Waals surface area contributed by atoms with Gasteiger partial charge in [0.15, 0.2) is 0 Å². The van der Waals surface area contributed by atoms with Crippen molar-refractivity contribution in [3.63, 3.8) is 0 Å². The molecule has 0 radical (unpaired) electrons. The maximum atomic E-state index is 13.1. The lowest BCUT2D eigenvalue weighted by Gasteiger charge is -2.20. The van der Waals surface area contributed by atoms with Gasteiger partial charge in [-0.25, -0.2) is 4.39 Å². The Labute approximate surface area is 133 Å². The van der Waals surface area contributed by atoms with E-state index in [-0.39, 0.29) is 11.7 Å². The van der Waals surface area contributed by atoms with E-state index in [1.807, 2.05) is 19.1 Å². The van der Waals surface area contributed by atoms with Gasteiger partial charge in [-0.15, -0.1) is 0 Å². The van der Waals surface area contributed by atoms with Gasteiger partial charge in [0.2, 0.25) is 0 Å². The quantitative estimate of drug-likeness (QED) is 0.710. The zero-order chi connectivity index (χ0) is 16.2. The van der Waals surface area contributed by atoms with E-state index in [1.165, 1.54) is 24.3 Å². The van der Waals surface area contributed by atoms with Crippen LogP contribution in [-0.4, -0.2) is 10.8 Å². The van der Waals surface area contributed by atoms with Crippen molar-refractivity contribution < 1.29 is 18.0 Å². The molecule has 0 saturated carbocycles. The minimum atomic E-state index is -0.374. The fourth-order valence-corrected chi connectivity index (χ4v) is 2.32. The summed E-state index contributed by atoms with van der Waals surface area (Å²) in [6.45, 7) is 2.47. The largest absolute Gasteiger partial charge is 0.467 e. The van der Waals surface area contributed by atoms with Crippen LogP contribution in [0.5, 0.6) is 0 Å². The molecule has 0 spiro atoms.